The monoisotopic (exact) mass is 358 g/mol. The van der Waals surface area contributed by atoms with Crippen LogP contribution in [-0.4, -0.2) is 21.4 Å². The number of aryl methyl sites for hydroxylation is 1. The van der Waals surface area contributed by atoms with Gasteiger partial charge in [-0.1, -0.05) is 0 Å². The van der Waals surface area contributed by atoms with Gasteiger partial charge in [0.05, 0.1) is 18.4 Å². The summed E-state index contributed by atoms with van der Waals surface area (Å²) in [6.45, 7) is 8.74. The van der Waals surface area contributed by atoms with E-state index in [1.165, 1.54) is 0 Å². The lowest BCUT2D eigenvalue weighted by molar-refractivity contribution is -0.715. The molecule has 2 aromatic rings. The molecule has 0 unspecified atom stereocenters. The second kappa shape index (κ2) is 11.1. The zero-order valence-electron chi connectivity index (χ0n) is 13.9. The minimum absolute atomic E-state index is 0. The predicted molar refractivity (Wildman–Crippen MR) is 86.0 cm³/mol. The normalized spacial score (nSPS) is 10.4. The van der Waals surface area contributed by atoms with Crippen molar-refractivity contribution < 1.29 is 21.8 Å². The number of hydrogen-bond acceptors (Lipinski definition) is 1. The van der Waals surface area contributed by atoms with Crippen LogP contribution in [-0.2, 0) is 7.05 Å². The van der Waals surface area contributed by atoms with E-state index < -0.39 is 7.25 Å². The Labute approximate surface area is 140 Å². The first kappa shape index (κ1) is 23.8. The van der Waals surface area contributed by atoms with Gasteiger partial charge in [0.25, 0.3) is 0 Å². The maximum atomic E-state index is 9.75. The van der Waals surface area contributed by atoms with E-state index in [0.717, 1.165) is 0 Å². The Hall–Kier alpha value is -1.51. The van der Waals surface area contributed by atoms with Crippen molar-refractivity contribution in [2.45, 2.75) is 39.8 Å². The van der Waals surface area contributed by atoms with Crippen molar-refractivity contribution in [3.05, 3.63) is 37.4 Å². The van der Waals surface area contributed by atoms with Crippen LogP contribution in [0.5, 0.6) is 0 Å². The van der Waals surface area contributed by atoms with Crippen molar-refractivity contribution in [1.82, 2.24) is 14.1 Å². The smallest absolute Gasteiger partial charge is 0.418 e. The summed E-state index contributed by atoms with van der Waals surface area (Å²) in [5.74, 6) is 0. The van der Waals surface area contributed by atoms with E-state index in [1.54, 1.807) is 12.5 Å². The molecule has 134 valence electrons. The lowest BCUT2D eigenvalue weighted by Gasteiger charge is -1.99. The zero-order chi connectivity index (χ0) is 17.3. The number of aromatic nitrogens is 4. The highest BCUT2D eigenvalue weighted by atomic mass is 35.5. The van der Waals surface area contributed by atoms with Crippen LogP contribution in [0.1, 0.15) is 39.8 Å². The molecule has 0 aliphatic heterocycles. The van der Waals surface area contributed by atoms with E-state index in [1.807, 2.05) is 17.8 Å². The highest BCUT2D eigenvalue weighted by Gasteiger charge is 2.20. The average Bonchev–Trinajstić information content (AvgIpc) is 2.97. The maximum Gasteiger partial charge on any atom is 0.673 e. The quantitative estimate of drug-likeness (QED) is 0.451. The maximum absolute atomic E-state index is 9.75. The van der Waals surface area contributed by atoms with Gasteiger partial charge in [-0.3, -0.25) is 0 Å². The molecule has 0 spiro atoms. The van der Waals surface area contributed by atoms with Gasteiger partial charge in [0.15, 0.2) is 0 Å². The number of rotatable bonds is 2. The average molecular weight is 359 g/mol. The molecular formula is C13H24BClF4N4. The molecule has 0 radical (unpaired) electrons. The van der Waals surface area contributed by atoms with Gasteiger partial charge in [0, 0.05) is 19.4 Å². The molecule has 2 heterocycles. The van der Waals surface area contributed by atoms with Crippen LogP contribution < -0.4 is 4.57 Å². The van der Waals surface area contributed by atoms with Crippen molar-refractivity contribution >= 4 is 19.7 Å². The topological polar surface area (TPSA) is 26.6 Å². The number of hydrogen-bond donors (Lipinski definition) is 0. The first-order chi connectivity index (χ1) is 10.0. The Kier molecular flexibility index (Phi) is 11.5. The van der Waals surface area contributed by atoms with E-state index >= 15 is 0 Å². The molecule has 4 nitrogen and oxygen atoms in total. The van der Waals surface area contributed by atoms with E-state index in [2.05, 4.69) is 60.5 Å². The van der Waals surface area contributed by atoms with Crippen molar-refractivity contribution in [2.24, 2.45) is 7.05 Å². The van der Waals surface area contributed by atoms with Gasteiger partial charge in [-0.2, -0.15) is 0 Å². The van der Waals surface area contributed by atoms with Crippen LogP contribution in [0.2, 0.25) is 0 Å². The number of halogens is 5. The molecule has 23 heavy (non-hydrogen) atoms. The van der Waals surface area contributed by atoms with Crippen molar-refractivity contribution in [3.63, 3.8) is 0 Å². The standard InChI is InChI=1S/C9H17N2.C4H6N2.BF4.ClH/c1-8(2)10-5-6-11(7-10)9(3)4;1-6-3-2-5-4-6;2-1(3,4)5;/h5-9H,1-4H3;2-4H,1H3;;1H/q+1;;-1;. The fraction of sp³-hybridized carbons (Fsp3) is 0.538. The van der Waals surface area contributed by atoms with E-state index in [-0.39, 0.29) is 12.4 Å². The molecule has 0 bridgehead atoms. The van der Waals surface area contributed by atoms with E-state index in [4.69, 9.17) is 0 Å². The number of imidazole rings is 2. The molecule has 0 fully saturated rings. The van der Waals surface area contributed by atoms with E-state index in [9.17, 15) is 17.3 Å². The number of nitrogens with zero attached hydrogens (tertiary/aromatic N) is 4. The van der Waals surface area contributed by atoms with Crippen molar-refractivity contribution in [2.75, 3.05) is 0 Å². The molecule has 0 atom stereocenters. The Balaban J connectivity index is 0. The molecule has 2 aromatic heterocycles. The van der Waals surface area contributed by atoms with Gasteiger partial charge in [-0.05, 0) is 27.7 Å². The molecule has 0 aliphatic rings. The van der Waals surface area contributed by atoms with Crippen LogP contribution in [0.15, 0.2) is 37.4 Å². The summed E-state index contributed by atoms with van der Waals surface area (Å²) >= 11 is 0. The fourth-order valence-corrected chi connectivity index (χ4v) is 1.32. The molecule has 0 aliphatic carbocycles. The lowest BCUT2D eigenvalue weighted by Crippen LogP contribution is -2.33. The molecule has 0 N–H and O–H groups in total. The summed E-state index contributed by atoms with van der Waals surface area (Å²) in [5.41, 5.74) is 0. The molecule has 0 saturated heterocycles. The minimum Gasteiger partial charge on any atom is -0.418 e. The molecule has 10 heteroatoms. The predicted octanol–water partition coefficient (Wildman–Crippen LogP) is 4.08. The summed E-state index contributed by atoms with van der Waals surface area (Å²) in [5, 5.41) is 0. The highest BCUT2D eigenvalue weighted by Crippen LogP contribution is 2.06. The second-order valence-electron chi connectivity index (χ2n) is 5.22. The van der Waals surface area contributed by atoms with Crippen LogP contribution in [0.4, 0.5) is 17.3 Å². The summed E-state index contributed by atoms with van der Waals surface area (Å²) < 4.78 is 45.3. The van der Waals surface area contributed by atoms with Crippen LogP contribution in [0, 0.1) is 0 Å². The molecule has 2 rings (SSSR count). The Morgan fingerprint density at radius 3 is 1.74 bits per heavy atom. The van der Waals surface area contributed by atoms with Gasteiger partial charge in [0.2, 0.25) is 6.33 Å². The second-order valence-corrected chi connectivity index (χ2v) is 5.22. The molecule has 0 amide bonds. The zero-order valence-corrected chi connectivity index (χ0v) is 14.7. The summed E-state index contributed by atoms with van der Waals surface area (Å²) in [6.07, 6.45) is 11.8. The molecular weight excluding hydrogens is 334 g/mol. The SMILES string of the molecule is CC(C)n1cc[n+](C(C)C)c1.Cl.Cn1ccnc1.F[B-](F)(F)F. The van der Waals surface area contributed by atoms with Crippen LogP contribution in [0.3, 0.4) is 0 Å². The summed E-state index contributed by atoms with van der Waals surface area (Å²) in [4.78, 5) is 3.78. The van der Waals surface area contributed by atoms with Crippen molar-refractivity contribution in [3.8, 4) is 0 Å². The molecule has 0 aromatic carbocycles. The Bertz CT molecular complexity index is 484. The Morgan fingerprint density at radius 1 is 1.04 bits per heavy atom. The minimum atomic E-state index is -6.00. The Morgan fingerprint density at radius 2 is 1.57 bits per heavy atom. The lowest BCUT2D eigenvalue weighted by atomic mass is 10.3. The summed E-state index contributed by atoms with van der Waals surface area (Å²) in [6, 6.07) is 1.13. The van der Waals surface area contributed by atoms with Crippen molar-refractivity contribution in [1.29, 1.82) is 0 Å². The van der Waals surface area contributed by atoms with Gasteiger partial charge < -0.3 is 21.8 Å². The third-order valence-electron chi connectivity index (χ3n) is 2.51. The summed E-state index contributed by atoms with van der Waals surface area (Å²) in [7, 11) is -4.06. The van der Waals surface area contributed by atoms with Gasteiger partial charge in [-0.25, -0.2) is 14.1 Å². The van der Waals surface area contributed by atoms with Gasteiger partial charge >= 0.3 is 7.25 Å². The highest BCUT2D eigenvalue weighted by molar-refractivity contribution is 6.50. The van der Waals surface area contributed by atoms with Gasteiger partial charge in [-0.15, -0.1) is 12.4 Å². The van der Waals surface area contributed by atoms with E-state index in [0.29, 0.717) is 12.1 Å². The van der Waals surface area contributed by atoms with Crippen LogP contribution >= 0.6 is 12.4 Å². The van der Waals surface area contributed by atoms with Crippen LogP contribution in [0.25, 0.3) is 0 Å². The largest absolute Gasteiger partial charge is 0.673 e. The third-order valence-corrected chi connectivity index (χ3v) is 2.51. The first-order valence-electron chi connectivity index (χ1n) is 6.88. The first-order valence-corrected chi connectivity index (χ1v) is 6.88. The third kappa shape index (κ3) is 13.9. The van der Waals surface area contributed by atoms with Gasteiger partial charge in [0.1, 0.15) is 12.4 Å². The molecule has 0 saturated carbocycles. The fourth-order valence-electron chi connectivity index (χ4n) is 1.32.